The van der Waals surface area contributed by atoms with Gasteiger partial charge in [0.15, 0.2) is 0 Å². The summed E-state index contributed by atoms with van der Waals surface area (Å²) in [5, 5.41) is 26.9. The molecule has 0 aliphatic heterocycles. The second kappa shape index (κ2) is 15.4. The first kappa shape index (κ1) is 31.2. The zero-order valence-corrected chi connectivity index (χ0v) is 22.4. The number of carboxylic acid groups (broad SMARTS) is 1. The van der Waals surface area contributed by atoms with Crippen molar-refractivity contribution in [3.8, 4) is 5.75 Å². The van der Waals surface area contributed by atoms with E-state index in [-0.39, 0.29) is 30.4 Å². The monoisotopic (exact) mass is 524 g/mol. The van der Waals surface area contributed by atoms with Gasteiger partial charge in [-0.05, 0) is 54.4 Å². The Morgan fingerprint density at radius 3 is 1.97 bits per heavy atom. The summed E-state index contributed by atoms with van der Waals surface area (Å²) in [5.41, 5.74) is 6.66. The lowest BCUT2D eigenvalue weighted by Gasteiger charge is -2.27. The number of rotatable bonds is 15. The largest absolute Gasteiger partial charge is 0.508 e. The van der Waals surface area contributed by atoms with Crippen molar-refractivity contribution in [2.24, 2.45) is 17.6 Å². The summed E-state index contributed by atoms with van der Waals surface area (Å²) in [7, 11) is 0. The molecule has 0 saturated heterocycles. The van der Waals surface area contributed by atoms with E-state index in [1.807, 2.05) is 20.1 Å². The van der Waals surface area contributed by atoms with E-state index >= 15 is 0 Å². The van der Waals surface area contributed by atoms with Gasteiger partial charge < -0.3 is 31.9 Å². The van der Waals surface area contributed by atoms with Gasteiger partial charge in [0, 0.05) is 6.42 Å². The van der Waals surface area contributed by atoms with Crippen molar-refractivity contribution in [1.82, 2.24) is 16.0 Å². The molecule has 1 aromatic carbocycles. The van der Waals surface area contributed by atoms with Gasteiger partial charge in [-0.2, -0.15) is 11.8 Å². The topological polar surface area (TPSA) is 171 Å². The summed E-state index contributed by atoms with van der Waals surface area (Å²) < 4.78 is 0. The number of carbonyl (C=O) groups is 4. The minimum Gasteiger partial charge on any atom is -0.508 e. The van der Waals surface area contributed by atoms with Crippen molar-refractivity contribution >= 4 is 35.5 Å². The molecule has 0 fully saturated rings. The quantitative estimate of drug-likeness (QED) is 0.199. The molecular weight excluding hydrogens is 484 g/mol. The van der Waals surface area contributed by atoms with Crippen molar-refractivity contribution in [2.45, 2.75) is 71.1 Å². The maximum absolute atomic E-state index is 13.3. The Morgan fingerprint density at radius 2 is 1.47 bits per heavy atom. The number of amides is 3. The zero-order valence-electron chi connectivity index (χ0n) is 21.6. The first-order valence-corrected chi connectivity index (χ1v) is 13.4. The van der Waals surface area contributed by atoms with Gasteiger partial charge in [-0.15, -0.1) is 0 Å². The maximum Gasteiger partial charge on any atom is 0.326 e. The normalized spacial score (nSPS) is 14.6. The van der Waals surface area contributed by atoms with E-state index in [9.17, 15) is 29.4 Å². The molecule has 0 heterocycles. The number of hydrogen-bond acceptors (Lipinski definition) is 7. The SMILES string of the molecule is CSCCC(N)C(=O)NC(Cc1ccc(O)cc1)C(=O)NC(CC(C)C)C(=O)NC(C(=O)O)C(C)C. The van der Waals surface area contributed by atoms with Crippen LogP contribution in [0.3, 0.4) is 0 Å². The lowest BCUT2D eigenvalue weighted by molar-refractivity contribution is -0.143. The molecule has 0 spiro atoms. The van der Waals surface area contributed by atoms with E-state index in [0.717, 1.165) is 0 Å². The number of benzene rings is 1. The van der Waals surface area contributed by atoms with Crippen LogP contribution in [0.15, 0.2) is 24.3 Å². The molecule has 1 rings (SSSR count). The first-order chi connectivity index (χ1) is 16.8. The summed E-state index contributed by atoms with van der Waals surface area (Å²) in [4.78, 5) is 50.5. The van der Waals surface area contributed by atoms with Crippen molar-refractivity contribution in [3.05, 3.63) is 29.8 Å². The number of phenolic OH excluding ortho intramolecular Hbond substituents is 1. The number of nitrogens with one attached hydrogen (secondary N) is 3. The van der Waals surface area contributed by atoms with E-state index in [1.165, 1.54) is 12.1 Å². The van der Waals surface area contributed by atoms with E-state index in [0.29, 0.717) is 17.7 Å². The van der Waals surface area contributed by atoms with Crippen LogP contribution in [-0.2, 0) is 25.6 Å². The Labute approximate surface area is 217 Å². The molecule has 3 amide bonds. The van der Waals surface area contributed by atoms with Gasteiger partial charge in [0.2, 0.25) is 17.7 Å². The van der Waals surface area contributed by atoms with Crippen LogP contribution >= 0.6 is 11.8 Å². The number of nitrogens with two attached hydrogens (primary N) is 1. The highest BCUT2D eigenvalue weighted by molar-refractivity contribution is 7.98. The van der Waals surface area contributed by atoms with E-state index in [1.54, 1.807) is 37.7 Å². The third kappa shape index (κ3) is 10.9. The third-order valence-electron chi connectivity index (χ3n) is 5.55. The van der Waals surface area contributed by atoms with Gasteiger partial charge in [0.1, 0.15) is 23.9 Å². The summed E-state index contributed by atoms with van der Waals surface area (Å²) in [6.07, 6.45) is 2.71. The molecule has 1 aromatic rings. The van der Waals surface area contributed by atoms with Crippen LogP contribution < -0.4 is 21.7 Å². The number of carboxylic acids is 1. The second-order valence-electron chi connectivity index (χ2n) is 9.58. The minimum absolute atomic E-state index is 0.0217. The van der Waals surface area contributed by atoms with Crippen LogP contribution in [0, 0.1) is 11.8 Å². The van der Waals surface area contributed by atoms with Gasteiger partial charge in [0.25, 0.3) is 0 Å². The molecule has 11 heteroatoms. The molecule has 36 heavy (non-hydrogen) atoms. The highest BCUT2D eigenvalue weighted by Crippen LogP contribution is 2.13. The van der Waals surface area contributed by atoms with Crippen LogP contribution in [0.2, 0.25) is 0 Å². The van der Waals surface area contributed by atoms with Crippen LogP contribution in [0.25, 0.3) is 0 Å². The molecule has 0 aliphatic rings. The fraction of sp³-hybridized carbons (Fsp3) is 0.600. The van der Waals surface area contributed by atoms with Crippen molar-refractivity contribution < 1.29 is 29.4 Å². The average Bonchev–Trinajstić information content (AvgIpc) is 2.80. The average molecular weight is 525 g/mol. The Morgan fingerprint density at radius 1 is 0.917 bits per heavy atom. The van der Waals surface area contributed by atoms with Crippen LogP contribution in [0.4, 0.5) is 0 Å². The number of carbonyl (C=O) groups excluding carboxylic acids is 3. The van der Waals surface area contributed by atoms with Crippen molar-refractivity contribution in [1.29, 1.82) is 0 Å². The van der Waals surface area contributed by atoms with E-state index in [4.69, 9.17) is 5.73 Å². The molecule has 4 atom stereocenters. The highest BCUT2D eigenvalue weighted by atomic mass is 32.2. The molecular formula is C25H40N4O6S. The maximum atomic E-state index is 13.3. The zero-order chi connectivity index (χ0) is 27.4. The number of phenols is 1. The lowest BCUT2D eigenvalue weighted by atomic mass is 9.99. The van der Waals surface area contributed by atoms with Crippen LogP contribution in [-0.4, -0.2) is 70.1 Å². The van der Waals surface area contributed by atoms with Gasteiger partial charge in [0.05, 0.1) is 6.04 Å². The molecule has 0 aliphatic carbocycles. The smallest absolute Gasteiger partial charge is 0.326 e. The molecule has 202 valence electrons. The van der Waals surface area contributed by atoms with E-state index in [2.05, 4.69) is 16.0 Å². The standard InChI is InChI=1S/C25H40N4O6S/c1-14(2)12-19(24(33)29-21(15(3)4)25(34)35)28-23(32)20(13-16-6-8-17(30)9-7-16)27-22(31)18(26)10-11-36-5/h6-9,14-15,18-21,30H,10-13,26H2,1-5H3,(H,27,31)(H,28,32)(H,29,33)(H,34,35). The Bertz CT molecular complexity index is 878. The predicted molar refractivity (Wildman–Crippen MR) is 141 cm³/mol. The summed E-state index contributed by atoms with van der Waals surface area (Å²) in [6, 6.07) is 2.28. The van der Waals surface area contributed by atoms with Gasteiger partial charge in [-0.1, -0.05) is 39.8 Å². The predicted octanol–water partition coefficient (Wildman–Crippen LogP) is 1.26. The molecule has 7 N–H and O–H groups in total. The Balaban J connectivity index is 3.12. The molecule has 0 saturated carbocycles. The Hall–Kier alpha value is -2.79. The number of hydrogen-bond donors (Lipinski definition) is 6. The first-order valence-electron chi connectivity index (χ1n) is 12.0. The molecule has 10 nitrogen and oxygen atoms in total. The van der Waals surface area contributed by atoms with E-state index < -0.39 is 47.9 Å². The van der Waals surface area contributed by atoms with Gasteiger partial charge in [-0.25, -0.2) is 4.79 Å². The summed E-state index contributed by atoms with van der Waals surface area (Å²) in [6.45, 7) is 7.12. The van der Waals surface area contributed by atoms with Gasteiger partial charge >= 0.3 is 5.97 Å². The molecule has 0 bridgehead atoms. The molecule has 0 radical (unpaired) electrons. The minimum atomic E-state index is -1.16. The fourth-order valence-corrected chi connectivity index (χ4v) is 3.96. The summed E-state index contributed by atoms with van der Waals surface area (Å²) >= 11 is 1.55. The van der Waals surface area contributed by atoms with Crippen LogP contribution in [0.1, 0.15) is 46.1 Å². The van der Waals surface area contributed by atoms with Crippen LogP contribution in [0.5, 0.6) is 5.75 Å². The number of aliphatic carboxylic acids is 1. The fourth-order valence-electron chi connectivity index (χ4n) is 3.47. The Kier molecular flexibility index (Phi) is 13.3. The third-order valence-corrected chi connectivity index (χ3v) is 6.19. The second-order valence-corrected chi connectivity index (χ2v) is 10.6. The molecule has 0 aromatic heterocycles. The van der Waals surface area contributed by atoms with Crippen molar-refractivity contribution in [3.63, 3.8) is 0 Å². The highest BCUT2D eigenvalue weighted by Gasteiger charge is 2.31. The number of thioether (sulfide) groups is 1. The summed E-state index contributed by atoms with van der Waals surface area (Å²) in [5.74, 6) is -2.44. The van der Waals surface area contributed by atoms with Crippen molar-refractivity contribution in [2.75, 3.05) is 12.0 Å². The lowest BCUT2D eigenvalue weighted by Crippen LogP contribution is -2.58. The molecule has 4 unspecified atom stereocenters. The number of aromatic hydroxyl groups is 1. The van der Waals surface area contributed by atoms with Gasteiger partial charge in [-0.3, -0.25) is 14.4 Å².